The molecule has 11 rings (SSSR count). The summed E-state index contributed by atoms with van der Waals surface area (Å²) in [4.78, 5) is 2.37. The van der Waals surface area contributed by atoms with E-state index in [4.69, 9.17) is 4.42 Å². The van der Waals surface area contributed by atoms with Gasteiger partial charge in [-0.25, -0.2) is 0 Å². The summed E-state index contributed by atoms with van der Waals surface area (Å²) in [5.41, 5.74) is 19.8. The summed E-state index contributed by atoms with van der Waals surface area (Å²) in [5.74, 6) is 0. The Morgan fingerprint density at radius 2 is 0.881 bits per heavy atom. The summed E-state index contributed by atoms with van der Waals surface area (Å²) < 4.78 is 6.67. The van der Waals surface area contributed by atoms with Gasteiger partial charge in [0.25, 0.3) is 0 Å². The second-order valence-corrected chi connectivity index (χ2v) is 16.1. The van der Waals surface area contributed by atoms with Crippen molar-refractivity contribution in [2.75, 3.05) is 4.90 Å². The lowest BCUT2D eigenvalue weighted by Crippen LogP contribution is -2.14. The summed E-state index contributed by atoms with van der Waals surface area (Å²) in [6, 6.07) is 76.7. The third kappa shape index (κ3) is 5.87. The van der Waals surface area contributed by atoms with E-state index in [2.05, 4.69) is 225 Å². The van der Waals surface area contributed by atoms with E-state index >= 15 is 0 Å². The fraction of sp³-hybridized carbons (Fsp3) is 0.0526. The first-order chi connectivity index (χ1) is 29.0. The van der Waals surface area contributed by atoms with Gasteiger partial charge in [-0.1, -0.05) is 172 Å². The van der Waals surface area contributed by atoms with Gasteiger partial charge < -0.3 is 9.32 Å². The van der Waals surface area contributed by atoms with Gasteiger partial charge in [-0.2, -0.15) is 0 Å². The SMILES string of the molecule is CC1(C)c2ccccc2-c2ccc(-c3cccc(N(c4ccc(-c5ccccc5)cc4)c4ccc(-c5ccc(-c6ccccc6)c6c5oc5ccccc56)cc4)c3)cc21. The van der Waals surface area contributed by atoms with E-state index in [1.165, 1.54) is 55.6 Å². The molecule has 59 heavy (non-hydrogen) atoms. The predicted molar refractivity (Wildman–Crippen MR) is 248 cm³/mol. The van der Waals surface area contributed by atoms with Crippen LogP contribution < -0.4 is 4.90 Å². The van der Waals surface area contributed by atoms with Crippen LogP contribution in [0.1, 0.15) is 25.0 Å². The van der Waals surface area contributed by atoms with E-state index in [1.54, 1.807) is 0 Å². The Morgan fingerprint density at radius 3 is 1.64 bits per heavy atom. The van der Waals surface area contributed by atoms with Crippen LogP contribution in [-0.2, 0) is 5.41 Å². The summed E-state index contributed by atoms with van der Waals surface area (Å²) in [6.07, 6.45) is 0. The number of hydrogen-bond donors (Lipinski definition) is 0. The maximum absolute atomic E-state index is 6.67. The number of furan rings is 1. The average molecular weight is 756 g/mol. The number of para-hydroxylation sites is 1. The highest BCUT2D eigenvalue weighted by Gasteiger charge is 2.35. The molecule has 2 nitrogen and oxygen atoms in total. The summed E-state index contributed by atoms with van der Waals surface area (Å²) in [6.45, 7) is 4.69. The molecule has 0 saturated carbocycles. The average Bonchev–Trinajstić information content (AvgIpc) is 3.80. The zero-order valence-corrected chi connectivity index (χ0v) is 33.1. The van der Waals surface area contributed by atoms with Gasteiger partial charge in [-0.3, -0.25) is 0 Å². The van der Waals surface area contributed by atoms with Crippen LogP contribution in [0.2, 0.25) is 0 Å². The van der Waals surface area contributed by atoms with Gasteiger partial charge >= 0.3 is 0 Å². The van der Waals surface area contributed by atoms with E-state index in [0.29, 0.717) is 0 Å². The van der Waals surface area contributed by atoms with Crippen molar-refractivity contribution in [2.24, 2.45) is 0 Å². The normalized spacial score (nSPS) is 12.7. The summed E-state index contributed by atoms with van der Waals surface area (Å²) in [5, 5.41) is 2.27. The maximum atomic E-state index is 6.67. The standard InChI is InChI=1S/C57H41NO/c1-57(2)52-22-11-9-20-49(52)50-33-28-43(37-53(50)57)42-18-13-19-46(36-42)58(44-29-24-39(25-30-44)38-14-5-3-6-15-38)45-31-26-41(27-32-45)48-35-34-47(40-16-7-4-8-17-40)55-51-21-10-12-23-54(51)59-56(48)55/h3-37H,1-2H3. The number of hydrogen-bond acceptors (Lipinski definition) is 2. The van der Waals surface area contributed by atoms with Gasteiger partial charge in [-0.15, -0.1) is 0 Å². The van der Waals surface area contributed by atoms with Crippen LogP contribution in [0.25, 0.3) is 77.6 Å². The van der Waals surface area contributed by atoms with Crippen molar-refractivity contribution in [3.05, 3.63) is 223 Å². The highest BCUT2D eigenvalue weighted by molar-refractivity contribution is 6.16. The zero-order chi connectivity index (χ0) is 39.5. The van der Waals surface area contributed by atoms with Crippen LogP contribution in [0.3, 0.4) is 0 Å². The fourth-order valence-corrected chi connectivity index (χ4v) is 9.29. The highest BCUT2D eigenvalue weighted by atomic mass is 16.3. The molecule has 0 bridgehead atoms. The first-order valence-corrected chi connectivity index (χ1v) is 20.4. The van der Waals surface area contributed by atoms with Crippen molar-refractivity contribution in [3.8, 4) is 55.6 Å². The molecule has 0 N–H and O–H groups in total. The Morgan fingerprint density at radius 1 is 0.356 bits per heavy atom. The van der Waals surface area contributed by atoms with Crippen LogP contribution in [0.4, 0.5) is 17.1 Å². The van der Waals surface area contributed by atoms with Crippen molar-refractivity contribution in [1.82, 2.24) is 0 Å². The minimum atomic E-state index is -0.0658. The van der Waals surface area contributed by atoms with Crippen LogP contribution >= 0.6 is 0 Å². The molecule has 1 aliphatic rings. The van der Waals surface area contributed by atoms with Gasteiger partial charge in [-0.05, 0) is 116 Å². The topological polar surface area (TPSA) is 16.4 Å². The molecule has 0 fully saturated rings. The lowest BCUT2D eigenvalue weighted by molar-refractivity contribution is 0.660. The minimum absolute atomic E-state index is 0.0658. The fourth-order valence-electron chi connectivity index (χ4n) is 9.29. The molecule has 0 unspecified atom stereocenters. The predicted octanol–water partition coefficient (Wildman–Crippen LogP) is 16.0. The van der Waals surface area contributed by atoms with E-state index in [9.17, 15) is 0 Å². The van der Waals surface area contributed by atoms with Crippen molar-refractivity contribution < 1.29 is 4.42 Å². The largest absolute Gasteiger partial charge is 0.455 e. The third-order valence-corrected chi connectivity index (χ3v) is 12.3. The van der Waals surface area contributed by atoms with Gasteiger partial charge in [0, 0.05) is 38.8 Å². The monoisotopic (exact) mass is 755 g/mol. The van der Waals surface area contributed by atoms with Gasteiger partial charge in [0.1, 0.15) is 11.2 Å². The van der Waals surface area contributed by atoms with Crippen molar-refractivity contribution in [2.45, 2.75) is 19.3 Å². The molecule has 0 radical (unpaired) electrons. The lowest BCUT2D eigenvalue weighted by Gasteiger charge is -2.27. The Balaban J connectivity index is 1.01. The van der Waals surface area contributed by atoms with Crippen LogP contribution in [0.15, 0.2) is 217 Å². The second kappa shape index (κ2) is 13.9. The van der Waals surface area contributed by atoms with Gasteiger partial charge in [0.05, 0.1) is 0 Å². The molecule has 280 valence electrons. The first-order valence-electron chi connectivity index (χ1n) is 20.4. The van der Waals surface area contributed by atoms with Gasteiger partial charge in [0.2, 0.25) is 0 Å². The number of nitrogens with zero attached hydrogens (tertiary/aromatic N) is 1. The number of anilines is 3. The molecule has 1 aliphatic carbocycles. The second-order valence-electron chi connectivity index (χ2n) is 16.1. The summed E-state index contributed by atoms with van der Waals surface area (Å²) in [7, 11) is 0. The minimum Gasteiger partial charge on any atom is -0.455 e. The van der Waals surface area contributed by atoms with Crippen molar-refractivity contribution in [3.63, 3.8) is 0 Å². The first kappa shape index (κ1) is 34.8. The van der Waals surface area contributed by atoms with E-state index in [-0.39, 0.29) is 5.41 Å². The zero-order valence-electron chi connectivity index (χ0n) is 33.1. The number of benzene rings is 9. The summed E-state index contributed by atoms with van der Waals surface area (Å²) >= 11 is 0. The molecular formula is C57H41NO. The Bertz CT molecular complexity index is 3160. The van der Waals surface area contributed by atoms with Crippen LogP contribution in [-0.4, -0.2) is 0 Å². The molecule has 0 atom stereocenters. The molecule has 0 amide bonds. The molecule has 1 aromatic heterocycles. The van der Waals surface area contributed by atoms with Gasteiger partial charge in [0.15, 0.2) is 0 Å². The van der Waals surface area contributed by atoms with E-state index < -0.39 is 0 Å². The van der Waals surface area contributed by atoms with Crippen LogP contribution in [0, 0.1) is 0 Å². The maximum Gasteiger partial charge on any atom is 0.143 e. The Hall–Kier alpha value is -7.42. The number of rotatable bonds is 7. The Kier molecular flexibility index (Phi) is 8.20. The number of fused-ring (bicyclic) bond motifs is 6. The molecule has 0 saturated heterocycles. The highest BCUT2D eigenvalue weighted by Crippen LogP contribution is 2.50. The molecule has 9 aromatic carbocycles. The molecule has 10 aromatic rings. The lowest BCUT2D eigenvalue weighted by atomic mass is 9.81. The van der Waals surface area contributed by atoms with E-state index in [1.807, 2.05) is 6.07 Å². The van der Waals surface area contributed by atoms with Crippen LogP contribution in [0.5, 0.6) is 0 Å². The molecule has 0 aliphatic heterocycles. The molecule has 0 spiro atoms. The third-order valence-electron chi connectivity index (χ3n) is 12.3. The molecule has 2 heteroatoms. The Labute approximate surface area is 345 Å². The van der Waals surface area contributed by atoms with Crippen molar-refractivity contribution in [1.29, 1.82) is 0 Å². The smallest absolute Gasteiger partial charge is 0.143 e. The van der Waals surface area contributed by atoms with E-state index in [0.717, 1.165) is 50.1 Å². The molecular weight excluding hydrogens is 715 g/mol. The quantitative estimate of drug-likeness (QED) is 0.161. The van der Waals surface area contributed by atoms with Crippen molar-refractivity contribution >= 4 is 39.0 Å². The molecule has 1 heterocycles.